The molecule has 0 saturated carbocycles. The van der Waals surface area contributed by atoms with Crippen molar-refractivity contribution in [2.45, 2.75) is 24.8 Å². The van der Waals surface area contributed by atoms with Gasteiger partial charge in [-0.05, 0) is 18.2 Å². The highest BCUT2D eigenvalue weighted by Gasteiger charge is 2.28. The van der Waals surface area contributed by atoms with Gasteiger partial charge in [0.15, 0.2) is 0 Å². The SMILES string of the molecule is O=C(O)CCCC(=O)OCSC(F)(F)F. The van der Waals surface area contributed by atoms with Gasteiger partial charge in [0.25, 0.3) is 0 Å². The Hall–Kier alpha value is -0.920. The van der Waals surface area contributed by atoms with Crippen molar-refractivity contribution in [1.82, 2.24) is 0 Å². The Morgan fingerprint density at radius 1 is 1.27 bits per heavy atom. The molecule has 0 fully saturated rings. The number of ether oxygens (including phenoxy) is 1. The summed E-state index contributed by atoms with van der Waals surface area (Å²) in [7, 11) is 0. The van der Waals surface area contributed by atoms with E-state index in [1.54, 1.807) is 0 Å². The summed E-state index contributed by atoms with van der Waals surface area (Å²) in [6, 6.07) is 0. The van der Waals surface area contributed by atoms with Crippen molar-refractivity contribution in [3.63, 3.8) is 0 Å². The van der Waals surface area contributed by atoms with Crippen LogP contribution < -0.4 is 0 Å². The fraction of sp³-hybridized carbons (Fsp3) is 0.714. The molecule has 0 atom stereocenters. The van der Waals surface area contributed by atoms with E-state index in [4.69, 9.17) is 5.11 Å². The standard InChI is InChI=1S/C7H9F3O4S/c8-7(9,10)15-4-14-6(13)3-1-2-5(11)12/h1-4H2,(H,11,12). The third-order valence-electron chi connectivity index (χ3n) is 1.21. The van der Waals surface area contributed by atoms with Crippen molar-refractivity contribution >= 4 is 23.7 Å². The van der Waals surface area contributed by atoms with E-state index in [0.717, 1.165) is 0 Å². The number of halogens is 3. The molecule has 0 aromatic rings. The van der Waals surface area contributed by atoms with Crippen LogP contribution in [-0.4, -0.2) is 28.5 Å². The zero-order valence-corrected chi connectivity index (χ0v) is 8.36. The van der Waals surface area contributed by atoms with Gasteiger partial charge in [0, 0.05) is 12.8 Å². The molecule has 8 heteroatoms. The molecule has 0 aliphatic carbocycles. The second-order valence-electron chi connectivity index (χ2n) is 2.47. The van der Waals surface area contributed by atoms with Crippen molar-refractivity contribution in [1.29, 1.82) is 0 Å². The number of carbonyl (C=O) groups is 2. The molecule has 0 aromatic heterocycles. The molecule has 0 amide bonds. The molecule has 0 heterocycles. The van der Waals surface area contributed by atoms with Crippen molar-refractivity contribution in [3.8, 4) is 0 Å². The van der Waals surface area contributed by atoms with Crippen LogP contribution in [0.2, 0.25) is 0 Å². The molecule has 0 aromatic carbocycles. The normalized spacial score (nSPS) is 11.1. The van der Waals surface area contributed by atoms with Gasteiger partial charge in [-0.3, -0.25) is 9.59 Å². The van der Waals surface area contributed by atoms with Crippen LogP contribution in [0.25, 0.3) is 0 Å². The monoisotopic (exact) mass is 246 g/mol. The molecule has 0 aliphatic rings. The summed E-state index contributed by atoms with van der Waals surface area (Å²) in [5, 5.41) is 8.20. The Kier molecular flexibility index (Phi) is 6.14. The van der Waals surface area contributed by atoms with Crippen LogP contribution in [0.1, 0.15) is 19.3 Å². The number of esters is 1. The number of hydrogen-bond acceptors (Lipinski definition) is 4. The predicted molar refractivity (Wildman–Crippen MR) is 46.1 cm³/mol. The van der Waals surface area contributed by atoms with Crippen LogP contribution in [0.3, 0.4) is 0 Å². The lowest BCUT2D eigenvalue weighted by Crippen LogP contribution is -2.09. The van der Waals surface area contributed by atoms with Gasteiger partial charge in [0.1, 0.15) is 5.94 Å². The number of alkyl halides is 3. The molecule has 0 bridgehead atoms. The first-order valence-corrected chi connectivity index (χ1v) is 4.88. The number of thioether (sulfide) groups is 1. The van der Waals surface area contributed by atoms with Crippen LogP contribution in [0.15, 0.2) is 0 Å². The number of hydrogen-bond donors (Lipinski definition) is 1. The van der Waals surface area contributed by atoms with Gasteiger partial charge in [-0.15, -0.1) is 0 Å². The summed E-state index contributed by atoms with van der Waals surface area (Å²) in [6.45, 7) is 0. The molecular formula is C7H9F3O4S. The molecule has 0 unspecified atom stereocenters. The summed E-state index contributed by atoms with van der Waals surface area (Å²) in [4.78, 5) is 20.7. The van der Waals surface area contributed by atoms with Gasteiger partial charge in [0.05, 0.1) is 0 Å². The minimum Gasteiger partial charge on any atom is -0.481 e. The third-order valence-corrected chi connectivity index (χ3v) is 1.78. The molecule has 0 aliphatic heterocycles. The average Bonchev–Trinajstić information content (AvgIpc) is 2.00. The number of carboxylic acid groups (broad SMARTS) is 1. The van der Waals surface area contributed by atoms with E-state index < -0.39 is 35.1 Å². The largest absolute Gasteiger partial charge is 0.481 e. The van der Waals surface area contributed by atoms with Gasteiger partial charge in [-0.2, -0.15) is 13.2 Å². The van der Waals surface area contributed by atoms with E-state index in [1.807, 2.05) is 0 Å². The number of rotatable bonds is 6. The van der Waals surface area contributed by atoms with E-state index in [-0.39, 0.29) is 19.3 Å². The van der Waals surface area contributed by atoms with Crippen molar-refractivity contribution in [2.75, 3.05) is 5.94 Å². The Labute approximate surface area is 87.8 Å². The fourth-order valence-electron chi connectivity index (χ4n) is 0.618. The zero-order chi connectivity index (χ0) is 11.9. The Balaban J connectivity index is 3.46. The molecule has 0 radical (unpaired) electrons. The zero-order valence-electron chi connectivity index (χ0n) is 7.54. The van der Waals surface area contributed by atoms with Crippen molar-refractivity contribution < 1.29 is 32.6 Å². The summed E-state index contributed by atoms with van der Waals surface area (Å²) in [5.41, 5.74) is -4.43. The Morgan fingerprint density at radius 2 is 1.87 bits per heavy atom. The van der Waals surface area contributed by atoms with Crippen molar-refractivity contribution in [3.05, 3.63) is 0 Å². The second kappa shape index (κ2) is 6.54. The van der Waals surface area contributed by atoms with Gasteiger partial charge >= 0.3 is 17.4 Å². The summed E-state index contributed by atoms with van der Waals surface area (Å²) in [6.07, 6.45) is -0.336. The van der Waals surface area contributed by atoms with E-state index in [0.29, 0.717) is 0 Å². The average molecular weight is 246 g/mol. The number of carboxylic acids is 1. The quantitative estimate of drug-likeness (QED) is 0.573. The summed E-state index contributed by atoms with van der Waals surface area (Å²) >= 11 is -0.458. The third kappa shape index (κ3) is 11.0. The van der Waals surface area contributed by atoms with Crippen LogP contribution in [0, 0.1) is 0 Å². The first-order chi connectivity index (χ1) is 6.81. The highest BCUT2D eigenvalue weighted by Crippen LogP contribution is 2.29. The van der Waals surface area contributed by atoms with Crippen LogP contribution in [0.4, 0.5) is 13.2 Å². The molecule has 4 nitrogen and oxygen atoms in total. The number of carbonyl (C=O) groups excluding carboxylic acids is 1. The minimum atomic E-state index is -4.43. The molecule has 1 N–H and O–H groups in total. The molecule has 0 rings (SSSR count). The maximum Gasteiger partial charge on any atom is 0.444 e. The molecule has 0 spiro atoms. The van der Waals surface area contributed by atoms with Gasteiger partial charge in [-0.25, -0.2) is 0 Å². The van der Waals surface area contributed by atoms with Crippen LogP contribution >= 0.6 is 11.8 Å². The minimum absolute atomic E-state index is 0.0604. The lowest BCUT2D eigenvalue weighted by atomic mass is 10.2. The van der Waals surface area contributed by atoms with E-state index >= 15 is 0 Å². The lowest BCUT2D eigenvalue weighted by Gasteiger charge is -2.06. The summed E-state index contributed by atoms with van der Waals surface area (Å²) in [5.74, 6) is -2.68. The summed E-state index contributed by atoms with van der Waals surface area (Å²) < 4.78 is 38.9. The lowest BCUT2D eigenvalue weighted by molar-refractivity contribution is -0.142. The van der Waals surface area contributed by atoms with Gasteiger partial charge in [-0.1, -0.05) is 0 Å². The highest BCUT2D eigenvalue weighted by molar-refractivity contribution is 8.00. The molecule has 0 saturated heterocycles. The topological polar surface area (TPSA) is 63.6 Å². The molecule has 88 valence electrons. The van der Waals surface area contributed by atoms with E-state index in [2.05, 4.69) is 4.74 Å². The van der Waals surface area contributed by atoms with Gasteiger partial charge in [0.2, 0.25) is 0 Å². The predicted octanol–water partition coefficient (Wildman–Crippen LogP) is 2.00. The Bertz CT molecular complexity index is 229. The van der Waals surface area contributed by atoms with Crippen LogP contribution in [-0.2, 0) is 14.3 Å². The first kappa shape index (κ1) is 14.1. The highest BCUT2D eigenvalue weighted by atomic mass is 32.2. The van der Waals surface area contributed by atoms with E-state index in [1.165, 1.54) is 0 Å². The number of aliphatic carboxylic acids is 1. The first-order valence-electron chi connectivity index (χ1n) is 3.89. The van der Waals surface area contributed by atoms with Crippen molar-refractivity contribution in [2.24, 2.45) is 0 Å². The molecular weight excluding hydrogens is 237 g/mol. The Morgan fingerprint density at radius 3 is 2.33 bits per heavy atom. The van der Waals surface area contributed by atoms with Gasteiger partial charge < -0.3 is 9.84 Å². The smallest absolute Gasteiger partial charge is 0.444 e. The maximum absolute atomic E-state index is 11.6. The van der Waals surface area contributed by atoms with Crippen LogP contribution in [0.5, 0.6) is 0 Å². The molecule has 15 heavy (non-hydrogen) atoms. The maximum atomic E-state index is 11.6. The fourth-order valence-corrected chi connectivity index (χ4v) is 0.942. The second-order valence-corrected chi connectivity index (χ2v) is 3.46. The van der Waals surface area contributed by atoms with E-state index in [9.17, 15) is 22.8 Å².